The van der Waals surface area contributed by atoms with Gasteiger partial charge in [0.2, 0.25) is 21.8 Å². The van der Waals surface area contributed by atoms with Crippen molar-refractivity contribution in [2.45, 2.75) is 119 Å². The Morgan fingerprint density at radius 3 is 2.48 bits per heavy atom. The van der Waals surface area contributed by atoms with Crippen LogP contribution in [0.25, 0.3) is 10.8 Å². The van der Waals surface area contributed by atoms with Crippen molar-refractivity contribution < 1.29 is 41.5 Å². The summed E-state index contributed by atoms with van der Waals surface area (Å²) < 4.78 is 55.9. The molecule has 56 heavy (non-hydrogen) atoms. The van der Waals surface area contributed by atoms with Crippen LogP contribution in [0.3, 0.4) is 0 Å². The molecule has 4 amide bonds. The molecule has 5 fully saturated rings. The number of nitrogens with zero attached hydrogens (tertiary/aromatic N) is 2. The predicted octanol–water partition coefficient (Wildman–Crippen LogP) is 3.57. The summed E-state index contributed by atoms with van der Waals surface area (Å²) in [5.41, 5.74) is -2.07. The number of hydrogen-bond acceptors (Lipinski definition) is 9. The molecule has 0 unspecified atom stereocenters. The lowest BCUT2D eigenvalue weighted by Crippen LogP contribution is -2.59. The standard InChI is InChI=1S/C40H48FN5O9S/c1-2-26-21-40(26,38(50)44-56(52,53)29-15-16-29)43-35(47)31-20-28-22-46(31)37(49)34(24-9-3-4-10-24)42-39(51)55-32-12-7-11-23(32)8-5-6-17-45-33(54-28)18-25-13-14-27(41)19-30(25)36(45)48/h2,5-6,13-14,18-19,23-24,26,28-29,31-32,34H,1,3-4,7-12,15-17,20-22H2,(H,42,51)(H,43,47)(H,44,50)/b6-5+/t23-,26-,28-,31+,32-,34+,40-/m1/s1. The molecule has 8 rings (SSSR count). The van der Waals surface area contributed by atoms with Crippen LogP contribution in [0.5, 0.6) is 5.88 Å². The largest absolute Gasteiger partial charge is 0.473 e. The number of nitrogens with one attached hydrogen (secondary N) is 3. The van der Waals surface area contributed by atoms with E-state index in [0.717, 1.165) is 25.7 Å². The third-order valence-corrected chi connectivity index (χ3v) is 14.4. The summed E-state index contributed by atoms with van der Waals surface area (Å²) in [7, 11) is -3.93. The van der Waals surface area contributed by atoms with Gasteiger partial charge in [-0.25, -0.2) is 17.6 Å². The number of carbonyl (C=O) groups is 4. The van der Waals surface area contributed by atoms with Crippen LogP contribution in [0.2, 0.25) is 0 Å². The number of amides is 4. The summed E-state index contributed by atoms with van der Waals surface area (Å²) in [5.74, 6) is -3.20. The lowest BCUT2D eigenvalue weighted by atomic mass is 9.96. The first kappa shape index (κ1) is 38.2. The fourth-order valence-electron chi connectivity index (χ4n) is 9.16. The van der Waals surface area contributed by atoms with Crippen molar-refractivity contribution in [3.63, 3.8) is 0 Å². The van der Waals surface area contributed by atoms with Gasteiger partial charge >= 0.3 is 6.09 Å². The number of fused-ring (bicyclic) bond motifs is 5. The number of ether oxygens (including phenoxy) is 2. The van der Waals surface area contributed by atoms with Gasteiger partial charge in [0.05, 0.1) is 17.2 Å². The van der Waals surface area contributed by atoms with Crippen molar-refractivity contribution >= 4 is 44.6 Å². The first-order valence-corrected chi connectivity index (χ1v) is 21.3. The van der Waals surface area contributed by atoms with Crippen molar-refractivity contribution in [3.8, 4) is 5.88 Å². The molecule has 16 heteroatoms. The Balaban J connectivity index is 1.15. The first-order valence-electron chi connectivity index (χ1n) is 19.8. The molecule has 0 spiro atoms. The third kappa shape index (κ3) is 7.43. The molecule has 14 nitrogen and oxygen atoms in total. The maximum atomic E-state index is 14.8. The van der Waals surface area contributed by atoms with Crippen molar-refractivity contribution in [1.82, 2.24) is 24.8 Å². The minimum Gasteiger partial charge on any atom is -0.473 e. The van der Waals surface area contributed by atoms with Gasteiger partial charge in [-0.3, -0.25) is 28.5 Å². The number of aromatic nitrogens is 1. The Kier molecular flexibility index (Phi) is 10.2. The Morgan fingerprint density at radius 1 is 0.982 bits per heavy atom. The van der Waals surface area contributed by atoms with Crippen LogP contribution in [-0.2, 0) is 35.7 Å². The highest BCUT2D eigenvalue weighted by atomic mass is 32.2. The number of carbonyl (C=O) groups excluding carboxylic acids is 4. The molecule has 300 valence electrons. The Morgan fingerprint density at radius 2 is 1.75 bits per heavy atom. The van der Waals surface area contributed by atoms with E-state index < -0.39 is 80.1 Å². The van der Waals surface area contributed by atoms with Gasteiger partial charge in [-0.05, 0) is 87.1 Å². The first-order chi connectivity index (χ1) is 26.9. The Hall–Kier alpha value is -4.73. The number of benzene rings is 1. The van der Waals surface area contributed by atoms with E-state index in [1.54, 1.807) is 6.07 Å². The lowest BCUT2D eigenvalue weighted by molar-refractivity contribution is -0.142. The van der Waals surface area contributed by atoms with Crippen LogP contribution < -0.4 is 25.7 Å². The van der Waals surface area contributed by atoms with E-state index >= 15 is 0 Å². The predicted molar refractivity (Wildman–Crippen MR) is 202 cm³/mol. The molecule has 0 radical (unpaired) electrons. The number of alkyl carbamates (subject to hydrolysis) is 1. The van der Waals surface area contributed by atoms with Gasteiger partial charge < -0.3 is 25.0 Å². The van der Waals surface area contributed by atoms with Crippen LogP contribution >= 0.6 is 0 Å². The number of allylic oxidation sites excluding steroid dienone is 2. The molecule has 1 saturated heterocycles. The van der Waals surface area contributed by atoms with Gasteiger partial charge in [0.1, 0.15) is 35.6 Å². The third-order valence-electron chi connectivity index (χ3n) is 12.6. The Bertz CT molecular complexity index is 2150. The van der Waals surface area contributed by atoms with E-state index in [2.05, 4.69) is 21.9 Å². The fourth-order valence-corrected chi connectivity index (χ4v) is 10.5. The topological polar surface area (TPSA) is 182 Å². The van der Waals surface area contributed by atoms with E-state index in [9.17, 15) is 36.8 Å². The maximum Gasteiger partial charge on any atom is 0.408 e. The number of halogens is 1. The minimum absolute atomic E-state index is 0.0323. The molecule has 4 aliphatic carbocycles. The van der Waals surface area contributed by atoms with Crippen LogP contribution in [0.4, 0.5) is 9.18 Å². The molecule has 3 heterocycles. The average molecular weight is 794 g/mol. The molecule has 3 N–H and O–H groups in total. The normalized spacial score (nSPS) is 31.6. The molecule has 7 atom stereocenters. The van der Waals surface area contributed by atoms with Crippen LogP contribution in [-0.4, -0.2) is 83.3 Å². The summed E-state index contributed by atoms with van der Waals surface area (Å²) in [4.78, 5) is 71.6. The molecule has 2 bridgehead atoms. The SMILES string of the molecule is C=C[C@@H]1C[C@]1(NC(=O)[C@@H]1C[C@@H]2CN1C(=O)[C@H](C1CCCC1)NC(=O)O[C@@H]1CCC[C@H]1C/C=C/Cn1c(cc3ccc(F)cc3c1=O)O2)C(=O)NS(=O)(=O)C1CC1. The number of rotatable bonds is 7. The van der Waals surface area contributed by atoms with Gasteiger partial charge in [-0.2, -0.15) is 0 Å². The maximum absolute atomic E-state index is 14.8. The summed E-state index contributed by atoms with van der Waals surface area (Å²) in [5, 5.41) is 5.63. The van der Waals surface area contributed by atoms with Crippen molar-refractivity contribution in [2.75, 3.05) is 6.54 Å². The highest BCUT2D eigenvalue weighted by Gasteiger charge is 2.62. The zero-order chi connectivity index (χ0) is 39.4. The summed E-state index contributed by atoms with van der Waals surface area (Å²) in [6.45, 7) is 3.76. The van der Waals surface area contributed by atoms with Gasteiger partial charge in [-0.15, -0.1) is 6.58 Å². The molecular formula is C40H48FN5O9S. The van der Waals surface area contributed by atoms with Gasteiger partial charge in [0.25, 0.3) is 11.5 Å². The second-order valence-electron chi connectivity index (χ2n) is 16.3. The van der Waals surface area contributed by atoms with E-state index in [1.165, 1.54) is 33.7 Å². The second-order valence-corrected chi connectivity index (χ2v) is 18.3. The highest BCUT2D eigenvalue weighted by molar-refractivity contribution is 7.91. The van der Waals surface area contributed by atoms with Gasteiger partial charge in [0.15, 0.2) is 5.88 Å². The zero-order valence-corrected chi connectivity index (χ0v) is 31.9. The summed E-state index contributed by atoms with van der Waals surface area (Å²) in [6.07, 6.45) is 10.3. The molecule has 2 aromatic rings. The molecule has 1 aromatic heterocycles. The molecule has 2 aliphatic heterocycles. The molecule has 1 aromatic carbocycles. The number of hydrogen-bond donors (Lipinski definition) is 3. The lowest BCUT2D eigenvalue weighted by Gasteiger charge is -2.32. The van der Waals surface area contributed by atoms with Gasteiger partial charge in [0, 0.05) is 24.9 Å². The highest BCUT2D eigenvalue weighted by Crippen LogP contribution is 2.46. The van der Waals surface area contributed by atoms with E-state index in [1.807, 2.05) is 12.2 Å². The monoisotopic (exact) mass is 793 g/mol. The number of pyridine rings is 1. The van der Waals surface area contributed by atoms with Crippen molar-refractivity contribution in [2.24, 2.45) is 17.8 Å². The van der Waals surface area contributed by atoms with E-state index in [-0.39, 0.29) is 55.1 Å². The molecular weight excluding hydrogens is 746 g/mol. The van der Waals surface area contributed by atoms with Crippen LogP contribution in [0.15, 0.2) is 53.9 Å². The second kappa shape index (κ2) is 15.0. The van der Waals surface area contributed by atoms with E-state index in [4.69, 9.17) is 9.47 Å². The fraction of sp³-hybridized carbons (Fsp3) is 0.575. The Labute approximate surface area is 324 Å². The summed E-state index contributed by atoms with van der Waals surface area (Å²) >= 11 is 0. The average Bonchev–Trinajstić information content (AvgIpc) is 3.95. The molecule has 6 aliphatic rings. The zero-order valence-electron chi connectivity index (χ0n) is 31.1. The minimum atomic E-state index is -3.93. The summed E-state index contributed by atoms with van der Waals surface area (Å²) in [6, 6.07) is 3.35. The van der Waals surface area contributed by atoms with Crippen molar-refractivity contribution in [3.05, 3.63) is 65.2 Å². The quantitative estimate of drug-likeness (QED) is 0.353. The van der Waals surface area contributed by atoms with E-state index in [0.29, 0.717) is 43.9 Å². The molecule has 4 saturated carbocycles. The van der Waals surface area contributed by atoms with Gasteiger partial charge in [-0.1, -0.05) is 37.1 Å². The van der Waals surface area contributed by atoms with Crippen molar-refractivity contribution in [1.29, 1.82) is 0 Å². The van der Waals surface area contributed by atoms with Crippen LogP contribution in [0.1, 0.15) is 77.0 Å². The smallest absolute Gasteiger partial charge is 0.408 e. The van der Waals surface area contributed by atoms with Crippen LogP contribution in [0, 0.1) is 23.6 Å². The number of sulfonamides is 1.